The molecule has 4 N–H and O–H groups in total. The van der Waals surface area contributed by atoms with Gasteiger partial charge >= 0.3 is 0 Å². The van der Waals surface area contributed by atoms with Gasteiger partial charge in [-0.2, -0.15) is 5.10 Å². The van der Waals surface area contributed by atoms with E-state index in [9.17, 15) is 14.4 Å². The summed E-state index contributed by atoms with van der Waals surface area (Å²) in [5, 5.41) is 9.35. The van der Waals surface area contributed by atoms with Crippen LogP contribution in [0.4, 0.5) is 5.69 Å². The van der Waals surface area contributed by atoms with Crippen molar-refractivity contribution in [3.05, 3.63) is 11.4 Å². The highest BCUT2D eigenvalue weighted by Gasteiger charge is 2.35. The lowest BCUT2D eigenvalue weighted by atomic mass is 10.0. The van der Waals surface area contributed by atoms with Crippen molar-refractivity contribution in [2.75, 3.05) is 12.8 Å². The van der Waals surface area contributed by atoms with Crippen LogP contribution in [0.25, 0.3) is 0 Å². The van der Waals surface area contributed by atoms with Gasteiger partial charge in [-0.25, -0.2) is 0 Å². The lowest BCUT2D eigenvalue weighted by Gasteiger charge is -2.27. The van der Waals surface area contributed by atoms with Crippen LogP contribution >= 0.6 is 0 Å². The van der Waals surface area contributed by atoms with Crippen molar-refractivity contribution >= 4 is 23.4 Å². The summed E-state index contributed by atoms with van der Waals surface area (Å²) in [5.41, 5.74) is 7.19. The average Bonchev–Trinajstić information content (AvgIpc) is 3.22. The summed E-state index contributed by atoms with van der Waals surface area (Å²) < 4.78 is 0. The van der Waals surface area contributed by atoms with Gasteiger partial charge < -0.3 is 11.1 Å². The Morgan fingerprint density at radius 1 is 1.38 bits per heavy atom. The number of likely N-dealkylation sites (N-methyl/N-ethyl adjacent to an activating group) is 1. The van der Waals surface area contributed by atoms with Crippen molar-refractivity contribution in [1.29, 1.82) is 0 Å². The molecule has 8 heteroatoms. The third kappa shape index (κ3) is 2.37. The Morgan fingerprint density at radius 3 is 2.76 bits per heavy atom. The van der Waals surface area contributed by atoms with Gasteiger partial charge in [0.2, 0.25) is 5.91 Å². The molecule has 112 valence electrons. The minimum absolute atomic E-state index is 0.115. The number of H-pyrrole nitrogens is 1. The number of hydrogen-bond donors (Lipinski definition) is 3. The molecule has 1 aromatic heterocycles. The standard InChI is InChI=1S/C13H17N5O3/c1-18-8(19)5-4-7(13(18)21)15-12(20)11-9(14)10(16-17-11)6-2-3-6/h6-7H,2-5,14H2,1H3,(H,15,20)(H,16,17). The van der Waals surface area contributed by atoms with Gasteiger partial charge in [-0.05, 0) is 19.3 Å². The molecule has 2 heterocycles. The molecular weight excluding hydrogens is 274 g/mol. The molecule has 1 aromatic rings. The molecular formula is C13H17N5O3. The Hall–Kier alpha value is -2.38. The molecule has 2 fully saturated rings. The highest BCUT2D eigenvalue weighted by atomic mass is 16.2. The van der Waals surface area contributed by atoms with E-state index in [-0.39, 0.29) is 18.0 Å². The number of amides is 3. The third-order valence-electron chi connectivity index (χ3n) is 3.99. The van der Waals surface area contributed by atoms with Crippen molar-refractivity contribution in [3.63, 3.8) is 0 Å². The van der Waals surface area contributed by atoms with Crippen molar-refractivity contribution in [1.82, 2.24) is 20.4 Å². The van der Waals surface area contributed by atoms with E-state index >= 15 is 0 Å². The van der Waals surface area contributed by atoms with E-state index in [2.05, 4.69) is 15.5 Å². The van der Waals surface area contributed by atoms with E-state index < -0.39 is 17.9 Å². The van der Waals surface area contributed by atoms with Crippen LogP contribution in [0, 0.1) is 0 Å². The van der Waals surface area contributed by atoms with Crippen LogP contribution in [-0.2, 0) is 9.59 Å². The second-order valence-corrected chi connectivity index (χ2v) is 5.53. The minimum Gasteiger partial charge on any atom is -0.395 e. The molecule has 3 rings (SSSR count). The molecule has 1 saturated carbocycles. The molecule has 1 aliphatic carbocycles. The summed E-state index contributed by atoms with van der Waals surface area (Å²) in [7, 11) is 1.41. The van der Waals surface area contributed by atoms with E-state index in [1.165, 1.54) is 7.05 Å². The van der Waals surface area contributed by atoms with Gasteiger partial charge in [-0.15, -0.1) is 0 Å². The Labute approximate surface area is 121 Å². The van der Waals surface area contributed by atoms with E-state index in [4.69, 9.17) is 5.73 Å². The summed E-state index contributed by atoms with van der Waals surface area (Å²) in [4.78, 5) is 36.6. The first-order valence-electron chi connectivity index (χ1n) is 6.94. The van der Waals surface area contributed by atoms with Gasteiger partial charge in [0.25, 0.3) is 11.8 Å². The fourth-order valence-electron chi connectivity index (χ4n) is 2.50. The number of anilines is 1. The number of rotatable bonds is 3. The molecule has 3 amide bonds. The first kappa shape index (κ1) is 13.6. The number of nitrogen functional groups attached to an aromatic ring is 1. The van der Waals surface area contributed by atoms with Crippen molar-refractivity contribution in [2.24, 2.45) is 0 Å². The average molecular weight is 291 g/mol. The Morgan fingerprint density at radius 2 is 2.10 bits per heavy atom. The second-order valence-electron chi connectivity index (χ2n) is 5.53. The van der Waals surface area contributed by atoms with Gasteiger partial charge in [0.1, 0.15) is 6.04 Å². The van der Waals surface area contributed by atoms with E-state index in [0.717, 1.165) is 23.4 Å². The van der Waals surface area contributed by atoms with Gasteiger partial charge in [-0.3, -0.25) is 24.4 Å². The number of piperidine rings is 1. The zero-order chi connectivity index (χ0) is 15.1. The Kier molecular flexibility index (Phi) is 3.15. The first-order chi connectivity index (χ1) is 9.99. The van der Waals surface area contributed by atoms with Crippen LogP contribution in [0.15, 0.2) is 0 Å². The number of hydrogen-bond acceptors (Lipinski definition) is 5. The molecule has 8 nitrogen and oxygen atoms in total. The number of nitrogens with two attached hydrogens (primary N) is 1. The molecule has 1 aliphatic heterocycles. The van der Waals surface area contributed by atoms with Gasteiger partial charge in [0, 0.05) is 19.4 Å². The normalized spacial score (nSPS) is 22.5. The second kappa shape index (κ2) is 4.87. The number of carbonyl (C=O) groups is 3. The molecule has 2 aliphatic rings. The summed E-state index contributed by atoms with van der Waals surface area (Å²) >= 11 is 0. The maximum Gasteiger partial charge on any atom is 0.274 e. The zero-order valence-electron chi connectivity index (χ0n) is 11.7. The molecule has 0 radical (unpaired) electrons. The monoisotopic (exact) mass is 291 g/mol. The molecule has 1 atom stereocenters. The number of imide groups is 1. The minimum atomic E-state index is -0.708. The van der Waals surface area contributed by atoms with Gasteiger partial charge in [0.15, 0.2) is 5.69 Å². The smallest absolute Gasteiger partial charge is 0.274 e. The number of likely N-dealkylation sites (tertiary alicyclic amines) is 1. The fourth-order valence-corrected chi connectivity index (χ4v) is 2.50. The maximum absolute atomic E-state index is 12.2. The SMILES string of the molecule is CN1C(=O)CCC(NC(=O)c2n[nH]c(C3CC3)c2N)C1=O. The topological polar surface area (TPSA) is 121 Å². The highest BCUT2D eigenvalue weighted by Crippen LogP contribution is 2.42. The molecule has 0 bridgehead atoms. The Bertz CT molecular complexity index is 619. The lowest BCUT2D eigenvalue weighted by Crippen LogP contribution is -2.53. The molecule has 0 spiro atoms. The first-order valence-corrected chi connectivity index (χ1v) is 6.94. The number of aromatic amines is 1. The highest BCUT2D eigenvalue weighted by molar-refractivity contribution is 6.04. The molecule has 21 heavy (non-hydrogen) atoms. The lowest BCUT2D eigenvalue weighted by molar-refractivity contribution is -0.147. The van der Waals surface area contributed by atoms with Crippen LogP contribution in [0.2, 0.25) is 0 Å². The zero-order valence-corrected chi connectivity index (χ0v) is 11.7. The quantitative estimate of drug-likeness (QED) is 0.663. The number of nitrogens with zero attached hydrogens (tertiary/aromatic N) is 2. The van der Waals surface area contributed by atoms with E-state index in [1.807, 2.05) is 0 Å². The maximum atomic E-state index is 12.2. The van der Waals surface area contributed by atoms with Crippen LogP contribution in [0.3, 0.4) is 0 Å². The van der Waals surface area contributed by atoms with Crippen LogP contribution < -0.4 is 11.1 Å². The summed E-state index contributed by atoms with van der Waals surface area (Å²) in [5.74, 6) is -0.771. The van der Waals surface area contributed by atoms with E-state index in [1.54, 1.807) is 0 Å². The largest absolute Gasteiger partial charge is 0.395 e. The summed E-state index contributed by atoms with van der Waals surface area (Å²) in [6.07, 6.45) is 2.62. The number of nitrogens with one attached hydrogen (secondary N) is 2. The van der Waals surface area contributed by atoms with Gasteiger partial charge in [-0.1, -0.05) is 0 Å². The summed E-state index contributed by atoms with van der Waals surface area (Å²) in [6.45, 7) is 0. The van der Waals surface area contributed by atoms with Crippen molar-refractivity contribution in [2.45, 2.75) is 37.6 Å². The van der Waals surface area contributed by atoms with Crippen LogP contribution in [0.1, 0.15) is 47.8 Å². The number of carbonyl (C=O) groups excluding carboxylic acids is 3. The predicted molar refractivity (Wildman–Crippen MR) is 73.2 cm³/mol. The molecule has 0 aromatic carbocycles. The van der Waals surface area contributed by atoms with Crippen LogP contribution in [0.5, 0.6) is 0 Å². The molecule has 1 saturated heterocycles. The number of aromatic nitrogens is 2. The molecule has 1 unspecified atom stereocenters. The van der Waals surface area contributed by atoms with E-state index in [0.29, 0.717) is 18.0 Å². The van der Waals surface area contributed by atoms with Crippen molar-refractivity contribution in [3.8, 4) is 0 Å². The Balaban J connectivity index is 1.71. The van der Waals surface area contributed by atoms with Crippen molar-refractivity contribution < 1.29 is 14.4 Å². The van der Waals surface area contributed by atoms with Gasteiger partial charge in [0.05, 0.1) is 11.4 Å². The van der Waals surface area contributed by atoms with Crippen LogP contribution in [-0.4, -0.2) is 45.9 Å². The summed E-state index contributed by atoms with van der Waals surface area (Å²) in [6, 6.07) is -0.708. The predicted octanol–water partition coefficient (Wildman–Crippen LogP) is -0.253. The third-order valence-corrected chi connectivity index (χ3v) is 3.99. The fraction of sp³-hybridized carbons (Fsp3) is 0.538.